The summed E-state index contributed by atoms with van der Waals surface area (Å²) in [6.07, 6.45) is 0.925. The summed E-state index contributed by atoms with van der Waals surface area (Å²) in [5, 5.41) is 16.7. The molecule has 0 bridgehead atoms. The summed E-state index contributed by atoms with van der Waals surface area (Å²) < 4.78 is 21.9. The molecule has 8 heteroatoms. The number of hydrogen-bond acceptors (Lipinski definition) is 6. The minimum absolute atomic E-state index is 0. The van der Waals surface area contributed by atoms with E-state index in [4.69, 9.17) is 10.5 Å². The molecule has 0 saturated heterocycles. The monoisotopic (exact) mass is 274 g/mol. The molecule has 0 aliphatic carbocycles. The van der Waals surface area contributed by atoms with Crippen LogP contribution in [-0.2, 0) is 9.84 Å². The standard InChI is InChI=1S/C6H6N2O2S3.K.H/c1-13(9,10)5(4-8)6(11)12-3-2-7;;/h11H,3H2,1H3;;. The molecule has 0 atom stereocenters. The zero-order valence-corrected chi connectivity index (χ0v) is 9.21. The van der Waals surface area contributed by atoms with E-state index in [1.807, 2.05) is 0 Å². The molecule has 14 heavy (non-hydrogen) atoms. The Morgan fingerprint density at radius 1 is 1.50 bits per heavy atom. The number of rotatable bonds is 3. The van der Waals surface area contributed by atoms with Crippen LogP contribution in [0.3, 0.4) is 0 Å². The summed E-state index contributed by atoms with van der Waals surface area (Å²) >= 11 is 4.74. The average molecular weight is 274 g/mol. The van der Waals surface area contributed by atoms with Gasteiger partial charge in [-0.25, -0.2) is 8.42 Å². The quantitative estimate of drug-likeness (QED) is 0.453. The molecule has 0 rings (SSSR count). The fourth-order valence-corrected chi connectivity index (χ4v) is 2.69. The summed E-state index contributed by atoms with van der Waals surface area (Å²) in [7, 11) is -3.53. The van der Waals surface area contributed by atoms with Crippen LogP contribution in [0.15, 0.2) is 9.14 Å². The molecule has 0 aliphatic heterocycles. The number of allylic oxidation sites excluding steroid dienone is 1. The molecular weight excluding hydrogens is 267 g/mol. The van der Waals surface area contributed by atoms with Crippen LogP contribution in [0.1, 0.15) is 0 Å². The molecule has 0 aromatic heterocycles. The van der Waals surface area contributed by atoms with Gasteiger partial charge >= 0.3 is 51.4 Å². The van der Waals surface area contributed by atoms with Gasteiger partial charge in [-0.15, -0.1) is 24.4 Å². The molecule has 72 valence electrons. The van der Waals surface area contributed by atoms with Crippen LogP contribution in [0.25, 0.3) is 0 Å². The van der Waals surface area contributed by atoms with E-state index < -0.39 is 14.7 Å². The van der Waals surface area contributed by atoms with E-state index in [-0.39, 0.29) is 61.4 Å². The van der Waals surface area contributed by atoms with Crippen molar-refractivity contribution in [1.29, 1.82) is 10.5 Å². The van der Waals surface area contributed by atoms with Gasteiger partial charge in [0.1, 0.15) is 6.07 Å². The topological polar surface area (TPSA) is 81.7 Å². The van der Waals surface area contributed by atoms with Crippen LogP contribution in [-0.4, -0.2) is 71.8 Å². The van der Waals surface area contributed by atoms with Gasteiger partial charge in [0.05, 0.1) is 16.1 Å². The number of thioether (sulfide) groups is 1. The third kappa shape index (κ3) is 6.48. The third-order valence-corrected chi connectivity index (χ3v) is 3.62. The summed E-state index contributed by atoms with van der Waals surface area (Å²) in [5.74, 6) is 0.0690. The maximum absolute atomic E-state index is 10.9. The van der Waals surface area contributed by atoms with Gasteiger partial charge in [0.15, 0.2) is 14.7 Å². The first-order valence-electron chi connectivity index (χ1n) is 2.96. The van der Waals surface area contributed by atoms with Gasteiger partial charge in [-0.2, -0.15) is 10.5 Å². The fourth-order valence-electron chi connectivity index (χ4n) is 0.456. The molecule has 0 unspecified atom stereocenters. The Morgan fingerprint density at radius 3 is 2.29 bits per heavy atom. The summed E-state index contributed by atoms with van der Waals surface area (Å²) in [6.45, 7) is 0. The average Bonchev–Trinajstić information content (AvgIpc) is 1.99. The third-order valence-electron chi connectivity index (χ3n) is 0.940. The van der Waals surface area contributed by atoms with Crippen molar-refractivity contribution >= 4 is 85.6 Å². The van der Waals surface area contributed by atoms with Gasteiger partial charge < -0.3 is 0 Å². The molecule has 4 nitrogen and oxygen atoms in total. The Hall–Kier alpha value is 1.01. The van der Waals surface area contributed by atoms with Crippen molar-refractivity contribution in [2.75, 3.05) is 12.0 Å². The Morgan fingerprint density at radius 2 is 2.00 bits per heavy atom. The SMILES string of the molecule is CS(=O)(=O)C(C#N)=C(S)SCC#N.[KH]. The summed E-state index contributed by atoms with van der Waals surface area (Å²) in [4.78, 5) is -0.393. The molecular formula is C6H7KN2O2S3. The first kappa shape index (κ1) is 17.4. The number of hydrogen-bond donors (Lipinski definition) is 1. The van der Waals surface area contributed by atoms with E-state index >= 15 is 0 Å². The predicted molar refractivity (Wildman–Crippen MR) is 61.7 cm³/mol. The zero-order valence-electron chi connectivity index (χ0n) is 6.68. The van der Waals surface area contributed by atoms with Crippen molar-refractivity contribution < 1.29 is 8.42 Å². The van der Waals surface area contributed by atoms with Gasteiger partial charge in [-0.3, -0.25) is 0 Å². The molecule has 0 N–H and O–H groups in total. The first-order chi connectivity index (χ1) is 5.93. The van der Waals surface area contributed by atoms with Crippen molar-refractivity contribution in [3.63, 3.8) is 0 Å². The summed E-state index contributed by atoms with van der Waals surface area (Å²) in [5.41, 5.74) is 0. The van der Waals surface area contributed by atoms with Crippen molar-refractivity contribution in [3.05, 3.63) is 9.14 Å². The second-order valence-electron chi connectivity index (χ2n) is 1.97. The van der Waals surface area contributed by atoms with E-state index in [1.165, 1.54) is 6.07 Å². The van der Waals surface area contributed by atoms with E-state index in [0.29, 0.717) is 0 Å². The Kier molecular flexibility index (Phi) is 10.2. The van der Waals surface area contributed by atoms with Gasteiger partial charge in [-0.05, 0) is 0 Å². The van der Waals surface area contributed by atoms with Crippen LogP contribution < -0.4 is 0 Å². The van der Waals surface area contributed by atoms with Crippen LogP contribution in [0.2, 0.25) is 0 Å². The minimum atomic E-state index is -3.53. The number of nitriles is 2. The molecule has 0 aliphatic rings. The molecule has 0 amide bonds. The van der Waals surface area contributed by atoms with Crippen LogP contribution in [0.5, 0.6) is 0 Å². The van der Waals surface area contributed by atoms with Crippen LogP contribution in [0.4, 0.5) is 0 Å². The normalized spacial score (nSPS) is 11.7. The van der Waals surface area contributed by atoms with E-state index in [1.54, 1.807) is 6.07 Å². The predicted octanol–water partition coefficient (Wildman–Crippen LogP) is 0.262. The molecule has 0 saturated carbocycles. The van der Waals surface area contributed by atoms with E-state index in [9.17, 15) is 8.42 Å². The molecule has 0 aromatic carbocycles. The van der Waals surface area contributed by atoms with Crippen molar-refractivity contribution in [2.45, 2.75) is 0 Å². The second-order valence-corrected chi connectivity index (χ2v) is 5.65. The van der Waals surface area contributed by atoms with Crippen molar-refractivity contribution in [1.82, 2.24) is 0 Å². The maximum atomic E-state index is 10.9. The molecule has 0 aromatic rings. The zero-order chi connectivity index (χ0) is 10.5. The Balaban J connectivity index is 0. The van der Waals surface area contributed by atoms with Crippen LogP contribution >= 0.6 is 24.4 Å². The Labute approximate surface area is 135 Å². The van der Waals surface area contributed by atoms with E-state index in [0.717, 1.165) is 18.0 Å². The molecule has 0 radical (unpaired) electrons. The number of nitrogens with zero attached hydrogens (tertiary/aromatic N) is 2. The molecule has 0 spiro atoms. The number of thiol groups is 1. The van der Waals surface area contributed by atoms with Crippen molar-refractivity contribution in [3.8, 4) is 12.1 Å². The molecule has 0 heterocycles. The van der Waals surface area contributed by atoms with Gasteiger partial charge in [0, 0.05) is 6.26 Å². The van der Waals surface area contributed by atoms with Crippen LogP contribution in [0, 0.1) is 22.7 Å². The first-order valence-corrected chi connectivity index (χ1v) is 6.29. The number of sulfone groups is 1. The van der Waals surface area contributed by atoms with Gasteiger partial charge in [-0.1, -0.05) is 0 Å². The fraction of sp³-hybridized carbons (Fsp3) is 0.333. The van der Waals surface area contributed by atoms with Crippen molar-refractivity contribution in [2.24, 2.45) is 0 Å². The molecule has 0 fully saturated rings. The Bertz CT molecular complexity index is 402. The van der Waals surface area contributed by atoms with E-state index in [2.05, 4.69) is 12.6 Å². The summed E-state index contributed by atoms with van der Waals surface area (Å²) in [6, 6.07) is 3.34. The van der Waals surface area contributed by atoms with Gasteiger partial charge in [0.25, 0.3) is 0 Å². The van der Waals surface area contributed by atoms with Gasteiger partial charge in [0.2, 0.25) is 0 Å². The second kappa shape index (κ2) is 8.19.